The zero-order chi connectivity index (χ0) is 28.0. The van der Waals surface area contributed by atoms with E-state index in [1.54, 1.807) is 20.8 Å². The summed E-state index contributed by atoms with van der Waals surface area (Å²) in [5.74, 6) is -0.418. The first-order valence-corrected chi connectivity index (χ1v) is 15.4. The Balaban J connectivity index is 3.66. The van der Waals surface area contributed by atoms with Crippen LogP contribution in [0.15, 0.2) is 0 Å². The minimum absolute atomic E-state index is 0.0673. The molecule has 1 amide bonds. The molecule has 0 radical (unpaired) electrons. The van der Waals surface area contributed by atoms with Crippen molar-refractivity contribution in [1.29, 1.82) is 0 Å². The molecule has 0 heterocycles. The van der Waals surface area contributed by atoms with E-state index in [2.05, 4.69) is 12.2 Å². The highest BCUT2D eigenvalue weighted by Gasteiger charge is 2.23. The first kappa shape index (κ1) is 35.8. The minimum atomic E-state index is -4.43. The molecule has 0 fully saturated rings. The number of unbranched alkanes of at least 4 members (excludes halogenated alkanes) is 12. The maximum absolute atomic E-state index is 11.8. The van der Waals surface area contributed by atoms with E-state index in [9.17, 15) is 24.2 Å². The lowest BCUT2D eigenvalue weighted by atomic mass is 10.0. The van der Waals surface area contributed by atoms with Crippen LogP contribution in [0.4, 0.5) is 4.79 Å². The zero-order valence-corrected chi connectivity index (χ0v) is 24.4. The molecule has 2 unspecified atom stereocenters. The third-order valence-electron chi connectivity index (χ3n) is 5.38. The third kappa shape index (κ3) is 26.2. The number of aliphatic hydroxyl groups excluding tert-OH is 1. The number of phosphoric acid groups is 1. The number of hydrogen-bond donors (Lipinski definition) is 3. The van der Waals surface area contributed by atoms with Crippen LogP contribution in [0.2, 0.25) is 0 Å². The molecule has 3 N–H and O–H groups in total. The molecule has 0 aliphatic rings. The number of aliphatic hydroxyl groups is 1. The SMILES string of the molecule is CCCCCCCCCCCCCCCC(=O)OCC(O)COP(=O)(O)OCCNC(=O)OC(C)(C)C. The van der Waals surface area contributed by atoms with Crippen molar-refractivity contribution in [3.05, 3.63) is 0 Å². The van der Waals surface area contributed by atoms with Gasteiger partial charge in [-0.25, -0.2) is 9.36 Å². The van der Waals surface area contributed by atoms with Gasteiger partial charge in [-0.3, -0.25) is 13.8 Å². The molecular weight excluding hydrogens is 501 g/mol. The van der Waals surface area contributed by atoms with E-state index in [1.807, 2.05) is 0 Å². The lowest BCUT2D eigenvalue weighted by molar-refractivity contribution is -0.147. The summed E-state index contributed by atoms with van der Waals surface area (Å²) in [6, 6.07) is 0. The van der Waals surface area contributed by atoms with Crippen LogP contribution in [-0.4, -0.2) is 60.1 Å². The molecule has 0 aromatic heterocycles. The Labute approximate surface area is 223 Å². The number of carbonyl (C=O) groups excluding carboxylic acids is 2. The highest BCUT2D eigenvalue weighted by molar-refractivity contribution is 7.47. The van der Waals surface area contributed by atoms with E-state index in [4.69, 9.17) is 18.5 Å². The monoisotopic (exact) mass is 553 g/mol. The molecule has 0 aromatic rings. The maximum atomic E-state index is 11.8. The Morgan fingerprint density at radius 3 is 1.86 bits per heavy atom. The van der Waals surface area contributed by atoms with Crippen molar-refractivity contribution in [2.75, 3.05) is 26.4 Å². The van der Waals surface area contributed by atoms with Crippen LogP contribution in [0.5, 0.6) is 0 Å². The second-order valence-corrected chi connectivity index (χ2v) is 11.8. The van der Waals surface area contributed by atoms with E-state index in [-0.39, 0.29) is 26.2 Å². The molecular formula is C26H52NO9P. The number of esters is 1. The third-order valence-corrected chi connectivity index (χ3v) is 6.36. The number of nitrogens with one attached hydrogen (secondary N) is 1. The molecule has 0 bridgehead atoms. The molecule has 0 aromatic carbocycles. The van der Waals surface area contributed by atoms with Gasteiger partial charge in [-0.05, 0) is 27.2 Å². The molecule has 0 saturated carbocycles. The van der Waals surface area contributed by atoms with Gasteiger partial charge >= 0.3 is 19.9 Å². The highest BCUT2D eigenvalue weighted by Crippen LogP contribution is 2.42. The lowest BCUT2D eigenvalue weighted by Crippen LogP contribution is -2.34. The molecule has 0 aliphatic carbocycles. The molecule has 2 atom stereocenters. The van der Waals surface area contributed by atoms with Crippen LogP contribution >= 0.6 is 7.82 Å². The van der Waals surface area contributed by atoms with Gasteiger partial charge < -0.3 is 24.8 Å². The van der Waals surface area contributed by atoms with Gasteiger partial charge in [0.25, 0.3) is 0 Å². The molecule has 10 nitrogen and oxygen atoms in total. The summed E-state index contributed by atoms with van der Waals surface area (Å²) in [4.78, 5) is 32.9. The molecule has 0 rings (SSSR count). The van der Waals surface area contributed by atoms with Gasteiger partial charge in [0, 0.05) is 13.0 Å². The molecule has 37 heavy (non-hydrogen) atoms. The normalized spacial score (nSPS) is 14.1. The smallest absolute Gasteiger partial charge is 0.463 e. The zero-order valence-electron chi connectivity index (χ0n) is 23.5. The van der Waals surface area contributed by atoms with Crippen LogP contribution < -0.4 is 5.32 Å². The Bertz CT molecular complexity index is 640. The maximum Gasteiger partial charge on any atom is 0.472 e. The summed E-state index contributed by atoms with van der Waals surface area (Å²) in [6.45, 7) is 6.13. The molecule has 220 valence electrons. The number of phosphoric ester groups is 1. The van der Waals surface area contributed by atoms with Gasteiger partial charge in [-0.2, -0.15) is 0 Å². The van der Waals surface area contributed by atoms with E-state index >= 15 is 0 Å². The summed E-state index contributed by atoms with van der Waals surface area (Å²) < 4.78 is 31.3. The summed E-state index contributed by atoms with van der Waals surface area (Å²) in [5, 5.41) is 12.2. The van der Waals surface area contributed by atoms with E-state index < -0.39 is 38.2 Å². The number of rotatable bonds is 23. The molecule has 11 heteroatoms. The predicted octanol–water partition coefficient (Wildman–Crippen LogP) is 6.03. The van der Waals surface area contributed by atoms with Crippen LogP contribution in [0.25, 0.3) is 0 Å². The molecule has 0 saturated heterocycles. The average molecular weight is 554 g/mol. The van der Waals surface area contributed by atoms with E-state index in [0.29, 0.717) is 0 Å². The fourth-order valence-electron chi connectivity index (χ4n) is 3.44. The Hall–Kier alpha value is -1.19. The summed E-state index contributed by atoms with van der Waals surface area (Å²) in [5.41, 5.74) is -0.660. The standard InChI is InChI=1S/C26H52NO9P/c1-5-6-7-8-9-10-11-12-13-14-15-16-17-18-24(29)33-21-23(28)22-35-37(31,32)34-20-19-27-25(30)36-26(2,3)4/h23,28H,5-22H2,1-4H3,(H,27,30)(H,31,32). The fraction of sp³-hybridized carbons (Fsp3) is 0.923. The number of carbonyl (C=O) groups is 2. The van der Waals surface area contributed by atoms with Crippen LogP contribution in [0, 0.1) is 0 Å². The van der Waals surface area contributed by atoms with Crippen molar-refractivity contribution in [1.82, 2.24) is 5.32 Å². The summed E-state index contributed by atoms with van der Waals surface area (Å²) >= 11 is 0. The number of hydrogen-bond acceptors (Lipinski definition) is 8. The van der Waals surface area contributed by atoms with Crippen molar-refractivity contribution in [3.8, 4) is 0 Å². The largest absolute Gasteiger partial charge is 0.472 e. The number of ether oxygens (including phenoxy) is 2. The number of amides is 1. The first-order chi connectivity index (χ1) is 17.4. The minimum Gasteiger partial charge on any atom is -0.463 e. The van der Waals surface area contributed by atoms with Gasteiger partial charge in [0.15, 0.2) is 0 Å². The quantitative estimate of drug-likeness (QED) is 0.0785. The van der Waals surface area contributed by atoms with Crippen molar-refractivity contribution < 1.29 is 42.7 Å². The van der Waals surface area contributed by atoms with Crippen molar-refractivity contribution in [2.24, 2.45) is 0 Å². The molecule has 0 spiro atoms. The van der Waals surface area contributed by atoms with Gasteiger partial charge in [0.2, 0.25) is 0 Å². The Kier molecular flexibility index (Phi) is 21.0. The Morgan fingerprint density at radius 1 is 0.838 bits per heavy atom. The number of alkyl carbamates (subject to hydrolysis) is 1. The first-order valence-electron chi connectivity index (χ1n) is 13.9. The fourth-order valence-corrected chi connectivity index (χ4v) is 4.20. The Morgan fingerprint density at radius 2 is 1.35 bits per heavy atom. The highest BCUT2D eigenvalue weighted by atomic mass is 31.2. The van der Waals surface area contributed by atoms with Gasteiger partial charge in [-0.1, -0.05) is 84.0 Å². The summed E-state index contributed by atoms with van der Waals surface area (Å²) in [7, 11) is -4.43. The van der Waals surface area contributed by atoms with E-state index in [1.165, 1.54) is 64.2 Å². The lowest BCUT2D eigenvalue weighted by Gasteiger charge is -2.20. The predicted molar refractivity (Wildman–Crippen MR) is 143 cm³/mol. The van der Waals surface area contributed by atoms with Crippen molar-refractivity contribution in [2.45, 2.75) is 129 Å². The van der Waals surface area contributed by atoms with Crippen molar-refractivity contribution >= 4 is 19.9 Å². The second-order valence-electron chi connectivity index (χ2n) is 10.4. The van der Waals surface area contributed by atoms with Crippen molar-refractivity contribution in [3.63, 3.8) is 0 Å². The topological polar surface area (TPSA) is 141 Å². The van der Waals surface area contributed by atoms with Crippen LogP contribution in [0.1, 0.15) is 118 Å². The average Bonchev–Trinajstić information content (AvgIpc) is 2.81. The van der Waals surface area contributed by atoms with Crippen LogP contribution in [-0.2, 0) is 27.9 Å². The summed E-state index contributed by atoms with van der Waals surface area (Å²) in [6.07, 6.45) is 14.2. The molecule has 0 aliphatic heterocycles. The van der Waals surface area contributed by atoms with E-state index in [0.717, 1.165) is 19.3 Å². The van der Waals surface area contributed by atoms with Crippen LogP contribution in [0.3, 0.4) is 0 Å². The van der Waals surface area contributed by atoms with Gasteiger partial charge in [0.05, 0.1) is 13.2 Å². The van der Waals surface area contributed by atoms with Gasteiger partial charge in [-0.15, -0.1) is 0 Å². The van der Waals surface area contributed by atoms with Gasteiger partial charge in [0.1, 0.15) is 18.3 Å². The second kappa shape index (κ2) is 21.7.